The number of carbonyl (C=O) groups is 1. The van der Waals surface area contributed by atoms with Gasteiger partial charge in [-0.1, -0.05) is 29.5 Å². The minimum Gasteiger partial charge on any atom is -0.475 e. The van der Waals surface area contributed by atoms with Gasteiger partial charge in [-0.3, -0.25) is 0 Å². The Balaban J connectivity index is 0.000000374. The number of alkyl halides is 3. The van der Waals surface area contributed by atoms with Crippen molar-refractivity contribution < 1.29 is 23.1 Å². The van der Waals surface area contributed by atoms with E-state index in [9.17, 15) is 13.2 Å². The monoisotopic (exact) mass is 524 g/mol. The second-order valence-electron chi connectivity index (χ2n) is 9.27. The zero-order chi connectivity index (χ0) is 26.9. The van der Waals surface area contributed by atoms with Crippen molar-refractivity contribution in [2.24, 2.45) is 0 Å². The van der Waals surface area contributed by atoms with Gasteiger partial charge in [0.05, 0.1) is 17.4 Å². The molecule has 8 nitrogen and oxygen atoms in total. The van der Waals surface area contributed by atoms with E-state index in [-0.39, 0.29) is 6.04 Å². The molecular weight excluding hydrogens is 497 g/mol. The molecule has 0 amide bonds. The van der Waals surface area contributed by atoms with Crippen LogP contribution in [0.2, 0.25) is 0 Å². The van der Waals surface area contributed by atoms with Crippen LogP contribution < -0.4 is 10.6 Å². The summed E-state index contributed by atoms with van der Waals surface area (Å²) in [6.45, 7) is 4.88. The summed E-state index contributed by atoms with van der Waals surface area (Å²) in [5.74, 6) is -2.76. The molecule has 4 N–H and O–H groups in total. The fourth-order valence-electron chi connectivity index (χ4n) is 5.00. The van der Waals surface area contributed by atoms with Gasteiger partial charge < -0.3 is 20.7 Å². The van der Waals surface area contributed by atoms with Crippen LogP contribution in [-0.2, 0) is 11.3 Å². The van der Waals surface area contributed by atoms with Crippen LogP contribution in [0.15, 0.2) is 54.7 Å². The Bertz CT molecular complexity index is 1500. The number of rotatable bonds is 3. The fraction of sp³-hybridized carbons (Fsp3) is 0.296. The van der Waals surface area contributed by atoms with Crippen molar-refractivity contribution in [1.82, 2.24) is 25.3 Å². The number of hydrogen-bond donors (Lipinski definition) is 4. The molecule has 4 aromatic rings. The van der Waals surface area contributed by atoms with Gasteiger partial charge in [-0.05, 0) is 67.3 Å². The Morgan fingerprint density at radius 3 is 2.76 bits per heavy atom. The molecule has 0 fully saturated rings. The lowest BCUT2D eigenvalue weighted by molar-refractivity contribution is -0.192. The third-order valence-electron chi connectivity index (χ3n) is 6.82. The molecule has 0 saturated heterocycles. The molecule has 1 atom stereocenters. The smallest absolute Gasteiger partial charge is 0.475 e. The first-order valence-electron chi connectivity index (χ1n) is 12.3. The highest BCUT2D eigenvalue weighted by atomic mass is 19.4. The van der Waals surface area contributed by atoms with Crippen LogP contribution in [0.4, 0.5) is 18.9 Å². The summed E-state index contributed by atoms with van der Waals surface area (Å²) in [5, 5.41) is 24.4. The molecule has 0 radical (unpaired) electrons. The van der Waals surface area contributed by atoms with E-state index in [1.165, 1.54) is 27.6 Å². The Hall–Kier alpha value is -4.12. The Kier molecular flexibility index (Phi) is 6.94. The quantitative estimate of drug-likeness (QED) is 0.290. The van der Waals surface area contributed by atoms with Crippen molar-refractivity contribution in [2.75, 3.05) is 18.4 Å². The third kappa shape index (κ3) is 5.14. The number of halogens is 3. The Labute approximate surface area is 216 Å². The molecule has 6 rings (SSSR count). The fourth-order valence-corrected chi connectivity index (χ4v) is 5.00. The Morgan fingerprint density at radius 2 is 2.03 bits per heavy atom. The maximum absolute atomic E-state index is 10.6. The summed E-state index contributed by atoms with van der Waals surface area (Å²) >= 11 is 0. The van der Waals surface area contributed by atoms with Crippen LogP contribution in [0.1, 0.15) is 35.7 Å². The standard InChI is InChI=1S/C25H26N6.C2HF3O2/c1-16-25-19-6-5-18(17-7-11-26-12-8-17)15-21(19)24(10-14-31(25)30-29-16)28-23-4-2-3-22-20(23)9-13-27-22;3-2(4,5)1(6)7/h2-7,9,13,15,24,26-28H,8,10-12,14H2,1H3;(H,6,7). The van der Waals surface area contributed by atoms with E-state index in [1.807, 2.05) is 6.20 Å². The van der Waals surface area contributed by atoms with Crippen molar-refractivity contribution in [1.29, 1.82) is 0 Å². The number of anilines is 1. The SMILES string of the molecule is Cc1nnn2c1-c1ccc(C3=CCNCC3)cc1C(Nc1cccc3[nH]ccc13)CC2.O=C(O)C(F)(F)F. The zero-order valence-electron chi connectivity index (χ0n) is 20.6. The first kappa shape index (κ1) is 25.5. The van der Waals surface area contributed by atoms with Gasteiger partial charge >= 0.3 is 12.1 Å². The van der Waals surface area contributed by atoms with Gasteiger partial charge in [0, 0.05) is 41.4 Å². The van der Waals surface area contributed by atoms with Crippen molar-refractivity contribution in [3.8, 4) is 11.3 Å². The van der Waals surface area contributed by atoms with Crippen molar-refractivity contribution in [3.05, 3.63) is 71.6 Å². The van der Waals surface area contributed by atoms with E-state index in [4.69, 9.17) is 9.90 Å². The summed E-state index contributed by atoms with van der Waals surface area (Å²) in [7, 11) is 0. The third-order valence-corrected chi connectivity index (χ3v) is 6.82. The number of aromatic nitrogens is 4. The maximum Gasteiger partial charge on any atom is 0.490 e. The van der Waals surface area contributed by atoms with E-state index in [2.05, 4.69) is 86.1 Å². The lowest BCUT2D eigenvalue weighted by Gasteiger charge is -2.23. The van der Waals surface area contributed by atoms with Crippen LogP contribution in [0.5, 0.6) is 0 Å². The van der Waals surface area contributed by atoms with E-state index in [0.29, 0.717) is 0 Å². The van der Waals surface area contributed by atoms with Gasteiger partial charge in [-0.25, -0.2) is 9.48 Å². The van der Waals surface area contributed by atoms with Gasteiger partial charge in [-0.2, -0.15) is 13.2 Å². The first-order chi connectivity index (χ1) is 18.2. The molecule has 2 aliphatic heterocycles. The lowest BCUT2D eigenvalue weighted by atomic mass is 9.90. The van der Waals surface area contributed by atoms with Crippen LogP contribution in [0, 0.1) is 6.92 Å². The van der Waals surface area contributed by atoms with E-state index in [1.54, 1.807) is 0 Å². The van der Waals surface area contributed by atoms with Gasteiger partial charge in [0.25, 0.3) is 0 Å². The predicted molar refractivity (Wildman–Crippen MR) is 139 cm³/mol. The summed E-state index contributed by atoms with van der Waals surface area (Å²) in [4.78, 5) is 12.2. The highest BCUT2D eigenvalue weighted by Crippen LogP contribution is 2.39. The molecule has 1 unspecified atom stereocenters. The second-order valence-corrected chi connectivity index (χ2v) is 9.27. The molecule has 2 aromatic heterocycles. The summed E-state index contributed by atoms with van der Waals surface area (Å²) < 4.78 is 33.8. The molecule has 11 heteroatoms. The van der Waals surface area contributed by atoms with E-state index < -0.39 is 12.1 Å². The number of carboxylic acid groups (broad SMARTS) is 1. The largest absolute Gasteiger partial charge is 0.490 e. The van der Waals surface area contributed by atoms with E-state index in [0.717, 1.165) is 55.1 Å². The van der Waals surface area contributed by atoms with Crippen LogP contribution in [0.25, 0.3) is 27.7 Å². The van der Waals surface area contributed by atoms with Crippen LogP contribution >= 0.6 is 0 Å². The van der Waals surface area contributed by atoms with Crippen LogP contribution in [0.3, 0.4) is 0 Å². The topological polar surface area (TPSA) is 108 Å². The molecule has 4 heterocycles. The van der Waals surface area contributed by atoms with E-state index >= 15 is 0 Å². The molecular formula is C27H27F3N6O2. The second kappa shape index (κ2) is 10.3. The van der Waals surface area contributed by atoms with Crippen molar-refractivity contribution >= 4 is 28.1 Å². The minimum absolute atomic E-state index is 0.193. The average molecular weight is 525 g/mol. The highest BCUT2D eigenvalue weighted by molar-refractivity contribution is 5.92. The van der Waals surface area contributed by atoms with Gasteiger partial charge in [0.15, 0.2) is 0 Å². The molecule has 0 bridgehead atoms. The van der Waals surface area contributed by atoms with Crippen molar-refractivity contribution in [3.63, 3.8) is 0 Å². The van der Waals surface area contributed by atoms with Gasteiger partial charge in [-0.15, -0.1) is 5.10 Å². The summed E-state index contributed by atoms with van der Waals surface area (Å²) in [6, 6.07) is 15.7. The molecule has 0 aliphatic carbocycles. The highest BCUT2D eigenvalue weighted by Gasteiger charge is 2.38. The molecule has 0 spiro atoms. The molecule has 0 saturated carbocycles. The molecule has 198 valence electrons. The summed E-state index contributed by atoms with van der Waals surface area (Å²) in [5.41, 5.74) is 9.77. The summed E-state index contributed by atoms with van der Waals surface area (Å²) in [6.07, 6.45) is 1.26. The number of hydrogen-bond acceptors (Lipinski definition) is 5. The molecule has 2 aliphatic rings. The van der Waals surface area contributed by atoms with Crippen molar-refractivity contribution in [2.45, 2.75) is 38.5 Å². The number of fused-ring (bicyclic) bond motifs is 4. The molecule has 2 aromatic carbocycles. The zero-order valence-corrected chi connectivity index (χ0v) is 20.6. The Morgan fingerprint density at radius 1 is 1.21 bits per heavy atom. The van der Waals surface area contributed by atoms with Crippen LogP contribution in [-0.4, -0.2) is 50.3 Å². The minimum atomic E-state index is -5.08. The number of carboxylic acids is 1. The number of aliphatic carboxylic acids is 1. The number of aromatic amines is 1. The van der Waals surface area contributed by atoms with Gasteiger partial charge in [0.1, 0.15) is 0 Å². The normalized spacial score (nSPS) is 16.9. The number of benzene rings is 2. The first-order valence-corrected chi connectivity index (χ1v) is 12.3. The lowest BCUT2D eigenvalue weighted by Crippen LogP contribution is -2.21. The number of aryl methyl sites for hydroxylation is 2. The maximum atomic E-state index is 10.6. The van der Waals surface area contributed by atoms with Gasteiger partial charge in [0.2, 0.25) is 0 Å². The number of H-pyrrole nitrogens is 1. The predicted octanol–water partition coefficient (Wildman–Crippen LogP) is 5.30. The number of nitrogens with zero attached hydrogens (tertiary/aromatic N) is 3. The average Bonchev–Trinajstić information content (AvgIpc) is 3.50. The molecule has 38 heavy (non-hydrogen) atoms. The number of nitrogens with one attached hydrogen (secondary N) is 3.